The SMILES string of the molecule is C=Cc1cc(NC(=C)C2C(c3cc(C)cc(C)c3)C2(Cl)Cl)ccc1Cl. The third kappa shape index (κ3) is 3.60. The number of nitrogens with one attached hydrogen (secondary N) is 1. The fourth-order valence-corrected chi connectivity index (χ4v) is 4.49. The van der Waals surface area contributed by atoms with Gasteiger partial charge in [-0.05, 0) is 43.2 Å². The van der Waals surface area contributed by atoms with Crippen LogP contribution in [0.25, 0.3) is 6.08 Å². The maximum atomic E-state index is 6.58. The fourth-order valence-electron chi connectivity index (χ4n) is 3.41. The van der Waals surface area contributed by atoms with E-state index in [1.165, 1.54) is 11.1 Å². The minimum absolute atomic E-state index is 0.0283. The molecule has 3 rings (SSSR count). The molecule has 0 radical (unpaired) electrons. The number of alkyl halides is 2. The normalized spacial score (nSPS) is 20.8. The largest absolute Gasteiger partial charge is 0.359 e. The molecule has 1 nitrogen and oxygen atoms in total. The molecule has 2 aromatic carbocycles. The van der Waals surface area contributed by atoms with Gasteiger partial charge < -0.3 is 5.32 Å². The van der Waals surface area contributed by atoms with Crippen molar-refractivity contribution < 1.29 is 0 Å². The van der Waals surface area contributed by atoms with Crippen LogP contribution in [0.2, 0.25) is 5.02 Å². The Hall–Kier alpha value is -1.41. The lowest BCUT2D eigenvalue weighted by atomic mass is 10.0. The van der Waals surface area contributed by atoms with Crippen LogP contribution in [0.1, 0.15) is 28.2 Å². The molecule has 1 fully saturated rings. The molecule has 0 aromatic heterocycles. The molecule has 0 heterocycles. The number of hydrogen-bond donors (Lipinski definition) is 1. The van der Waals surface area contributed by atoms with Gasteiger partial charge in [-0.25, -0.2) is 0 Å². The molecule has 2 aromatic rings. The van der Waals surface area contributed by atoms with Crippen LogP contribution in [-0.2, 0) is 0 Å². The number of hydrogen-bond acceptors (Lipinski definition) is 1. The molecular weight excluding hydrogens is 373 g/mol. The molecule has 1 N–H and O–H groups in total. The molecule has 130 valence electrons. The van der Waals surface area contributed by atoms with Gasteiger partial charge in [0.1, 0.15) is 4.33 Å². The van der Waals surface area contributed by atoms with Gasteiger partial charge in [0.2, 0.25) is 0 Å². The van der Waals surface area contributed by atoms with Crippen LogP contribution in [0.4, 0.5) is 5.69 Å². The van der Waals surface area contributed by atoms with E-state index in [1.54, 1.807) is 6.08 Å². The van der Waals surface area contributed by atoms with Gasteiger partial charge in [-0.2, -0.15) is 0 Å². The molecule has 1 aliphatic rings. The minimum atomic E-state index is -0.849. The summed E-state index contributed by atoms with van der Waals surface area (Å²) < 4.78 is -0.849. The van der Waals surface area contributed by atoms with Crippen molar-refractivity contribution in [2.45, 2.75) is 24.1 Å². The van der Waals surface area contributed by atoms with E-state index in [-0.39, 0.29) is 11.8 Å². The molecule has 0 saturated heterocycles. The number of halogens is 3. The number of anilines is 1. The van der Waals surface area contributed by atoms with Gasteiger partial charge in [0, 0.05) is 28.2 Å². The van der Waals surface area contributed by atoms with Gasteiger partial charge in [0.25, 0.3) is 0 Å². The lowest BCUT2D eigenvalue weighted by molar-refractivity contribution is 0.944. The summed E-state index contributed by atoms with van der Waals surface area (Å²) in [6.45, 7) is 12.1. The van der Waals surface area contributed by atoms with E-state index in [9.17, 15) is 0 Å². The Bertz CT molecular complexity index is 834. The van der Waals surface area contributed by atoms with Crippen LogP contribution < -0.4 is 5.32 Å². The molecule has 0 spiro atoms. The summed E-state index contributed by atoms with van der Waals surface area (Å²) >= 11 is 19.3. The highest BCUT2D eigenvalue weighted by molar-refractivity contribution is 6.52. The van der Waals surface area contributed by atoms with E-state index in [0.717, 1.165) is 22.5 Å². The third-order valence-corrected chi connectivity index (χ3v) is 5.84. The molecule has 4 heteroatoms. The molecule has 2 atom stereocenters. The van der Waals surface area contributed by atoms with Crippen LogP contribution in [0.3, 0.4) is 0 Å². The molecule has 25 heavy (non-hydrogen) atoms. The van der Waals surface area contributed by atoms with Crippen molar-refractivity contribution in [3.05, 3.63) is 82.5 Å². The second-order valence-electron chi connectivity index (χ2n) is 6.64. The first-order valence-corrected chi connectivity index (χ1v) is 9.21. The van der Waals surface area contributed by atoms with Crippen molar-refractivity contribution in [2.24, 2.45) is 5.92 Å². The summed E-state index contributed by atoms with van der Waals surface area (Å²) in [5.41, 5.74) is 6.11. The maximum Gasteiger partial charge on any atom is 0.134 e. The zero-order valence-electron chi connectivity index (χ0n) is 14.2. The second-order valence-corrected chi connectivity index (χ2v) is 8.49. The Balaban J connectivity index is 1.82. The summed E-state index contributed by atoms with van der Waals surface area (Å²) in [5.74, 6) is -0.0273. The van der Waals surface area contributed by atoms with E-state index in [0.29, 0.717) is 5.02 Å². The van der Waals surface area contributed by atoms with E-state index in [2.05, 4.69) is 50.5 Å². The summed E-state index contributed by atoms with van der Waals surface area (Å²) in [6.07, 6.45) is 1.72. The minimum Gasteiger partial charge on any atom is -0.359 e. The van der Waals surface area contributed by atoms with Crippen molar-refractivity contribution in [3.63, 3.8) is 0 Å². The molecule has 1 aliphatic carbocycles. The summed E-state index contributed by atoms with van der Waals surface area (Å²) in [5, 5.41) is 3.98. The van der Waals surface area contributed by atoms with E-state index >= 15 is 0 Å². The molecule has 1 saturated carbocycles. The van der Waals surface area contributed by atoms with Gasteiger partial charge in [-0.1, -0.05) is 60.2 Å². The van der Waals surface area contributed by atoms with Crippen LogP contribution in [-0.4, -0.2) is 4.33 Å². The quantitative estimate of drug-likeness (QED) is 0.534. The van der Waals surface area contributed by atoms with Crippen molar-refractivity contribution in [1.29, 1.82) is 0 Å². The van der Waals surface area contributed by atoms with Crippen LogP contribution >= 0.6 is 34.8 Å². The van der Waals surface area contributed by atoms with Crippen molar-refractivity contribution in [2.75, 3.05) is 5.32 Å². The Kier molecular flexibility index (Phi) is 4.94. The molecule has 0 aliphatic heterocycles. The van der Waals surface area contributed by atoms with Gasteiger partial charge >= 0.3 is 0 Å². The first-order chi connectivity index (χ1) is 11.7. The summed E-state index contributed by atoms with van der Waals surface area (Å²) in [7, 11) is 0. The van der Waals surface area contributed by atoms with Crippen molar-refractivity contribution in [1.82, 2.24) is 0 Å². The smallest absolute Gasteiger partial charge is 0.134 e. The highest BCUT2D eigenvalue weighted by Crippen LogP contribution is 2.67. The average molecular weight is 393 g/mol. The zero-order chi connectivity index (χ0) is 18.4. The first-order valence-electron chi connectivity index (χ1n) is 8.08. The Morgan fingerprint density at radius 1 is 1.12 bits per heavy atom. The standard InChI is InChI=1S/C21H20Cl3N/c1-5-15-11-17(6-7-18(15)22)25-14(4)19-20(21(19,23)24)16-9-12(2)8-13(3)10-16/h5-11,19-20,25H,1,4H2,2-3H3. The number of allylic oxidation sites excluding steroid dienone is 1. The predicted molar refractivity (Wildman–Crippen MR) is 111 cm³/mol. The number of benzene rings is 2. The van der Waals surface area contributed by atoms with Gasteiger partial charge in [-0.15, -0.1) is 23.2 Å². The van der Waals surface area contributed by atoms with E-state index in [1.807, 2.05) is 18.2 Å². The van der Waals surface area contributed by atoms with Crippen LogP contribution in [0, 0.1) is 19.8 Å². The maximum absolute atomic E-state index is 6.58. The van der Waals surface area contributed by atoms with Crippen molar-refractivity contribution in [3.8, 4) is 0 Å². The summed E-state index contributed by atoms with van der Waals surface area (Å²) in [6, 6.07) is 12.1. The first kappa shape index (κ1) is 18.4. The van der Waals surface area contributed by atoms with Crippen LogP contribution in [0.15, 0.2) is 55.3 Å². The Labute approximate surface area is 164 Å². The predicted octanol–water partition coefficient (Wildman–Crippen LogP) is 7.11. The van der Waals surface area contributed by atoms with Gasteiger partial charge in [0.15, 0.2) is 0 Å². The molecule has 0 amide bonds. The number of rotatable bonds is 5. The second kappa shape index (κ2) is 6.72. The van der Waals surface area contributed by atoms with Crippen molar-refractivity contribution >= 4 is 46.6 Å². The molecule has 0 bridgehead atoms. The highest BCUT2D eigenvalue weighted by Gasteiger charge is 2.65. The van der Waals surface area contributed by atoms with E-state index < -0.39 is 4.33 Å². The topological polar surface area (TPSA) is 12.0 Å². The Morgan fingerprint density at radius 2 is 1.76 bits per heavy atom. The number of aryl methyl sites for hydroxylation is 2. The third-order valence-electron chi connectivity index (χ3n) is 4.55. The average Bonchev–Trinajstić information content (AvgIpc) is 3.11. The highest BCUT2D eigenvalue weighted by atomic mass is 35.5. The molecule has 2 unspecified atom stereocenters. The summed E-state index contributed by atoms with van der Waals surface area (Å²) in [4.78, 5) is 0. The van der Waals surface area contributed by atoms with Gasteiger partial charge in [-0.3, -0.25) is 0 Å². The van der Waals surface area contributed by atoms with E-state index in [4.69, 9.17) is 34.8 Å². The van der Waals surface area contributed by atoms with Crippen LogP contribution in [0.5, 0.6) is 0 Å². The fraction of sp³-hybridized carbons (Fsp3) is 0.238. The molecular formula is C21H20Cl3N. The monoisotopic (exact) mass is 391 g/mol. The lowest BCUT2D eigenvalue weighted by Gasteiger charge is -2.11. The Morgan fingerprint density at radius 3 is 2.36 bits per heavy atom. The van der Waals surface area contributed by atoms with Gasteiger partial charge in [0.05, 0.1) is 0 Å². The lowest BCUT2D eigenvalue weighted by Crippen LogP contribution is -2.04. The zero-order valence-corrected chi connectivity index (χ0v) is 16.5.